The van der Waals surface area contributed by atoms with Gasteiger partial charge in [0.2, 0.25) is 17.7 Å². The molecule has 0 radical (unpaired) electrons. The second-order valence-corrected chi connectivity index (χ2v) is 7.10. The van der Waals surface area contributed by atoms with Crippen LogP contribution in [0.15, 0.2) is 59.1 Å². The summed E-state index contributed by atoms with van der Waals surface area (Å²) in [5.41, 5.74) is 1.24. The third-order valence-electron chi connectivity index (χ3n) is 4.92. The van der Waals surface area contributed by atoms with Gasteiger partial charge in [-0.3, -0.25) is 34.4 Å². The molecule has 156 valence electrons. The highest BCUT2D eigenvalue weighted by molar-refractivity contribution is 6.07. The van der Waals surface area contributed by atoms with Crippen molar-refractivity contribution in [2.75, 3.05) is 13.1 Å². The average Bonchev–Trinajstić information content (AvgIpc) is 2.73. The normalized spacial score (nSPS) is 23.0. The minimum absolute atomic E-state index is 0.0179. The maximum atomic E-state index is 13.1. The van der Waals surface area contributed by atoms with Gasteiger partial charge < -0.3 is 5.32 Å². The molecule has 0 saturated carbocycles. The van der Waals surface area contributed by atoms with Crippen molar-refractivity contribution in [3.63, 3.8) is 0 Å². The molecule has 0 aliphatic carbocycles. The van der Waals surface area contributed by atoms with Gasteiger partial charge in [-0.05, 0) is 31.1 Å². The molecular weight excluding hydrogens is 384 g/mol. The lowest BCUT2D eigenvalue weighted by Gasteiger charge is -2.33. The number of aliphatic imine (C=N–C) groups is 1. The topological polar surface area (TPSA) is 108 Å². The lowest BCUT2D eigenvalue weighted by Crippen LogP contribution is -2.56. The van der Waals surface area contributed by atoms with Gasteiger partial charge in [0.05, 0.1) is 13.0 Å². The number of nitrogens with one attached hydrogen (secondary N) is 2. The summed E-state index contributed by atoms with van der Waals surface area (Å²) in [6, 6.07) is 8.05. The number of allylic oxidation sites excluding steroid dienone is 2. The molecule has 8 nitrogen and oxygen atoms in total. The summed E-state index contributed by atoms with van der Waals surface area (Å²) >= 11 is 0. The quantitative estimate of drug-likeness (QED) is 0.733. The van der Waals surface area contributed by atoms with Crippen molar-refractivity contribution in [2.45, 2.75) is 32.2 Å². The number of nitrogens with zero attached hydrogens (tertiary/aromatic N) is 2. The van der Waals surface area contributed by atoms with E-state index < -0.39 is 11.9 Å². The van der Waals surface area contributed by atoms with Gasteiger partial charge in [-0.2, -0.15) is 0 Å². The molecule has 1 aromatic carbocycles. The van der Waals surface area contributed by atoms with E-state index in [1.807, 2.05) is 12.1 Å². The molecule has 0 spiro atoms. The fourth-order valence-electron chi connectivity index (χ4n) is 3.38. The highest BCUT2D eigenvalue weighted by Crippen LogP contribution is 2.17. The van der Waals surface area contributed by atoms with Crippen LogP contribution in [0.1, 0.15) is 36.5 Å². The minimum Gasteiger partial charge on any atom is -0.348 e. The molecular formula is C22H24N4O4. The second-order valence-electron chi connectivity index (χ2n) is 7.10. The predicted octanol–water partition coefficient (Wildman–Crippen LogP) is 1.35. The van der Waals surface area contributed by atoms with Crippen LogP contribution in [0.2, 0.25) is 0 Å². The van der Waals surface area contributed by atoms with E-state index in [0.29, 0.717) is 23.5 Å². The van der Waals surface area contributed by atoms with Crippen molar-refractivity contribution in [2.24, 2.45) is 4.99 Å². The molecule has 1 aromatic rings. The molecule has 3 rings (SSSR count). The summed E-state index contributed by atoms with van der Waals surface area (Å²) < 4.78 is 0. The lowest BCUT2D eigenvalue weighted by molar-refractivity contribution is -0.142. The van der Waals surface area contributed by atoms with Crippen LogP contribution in [-0.4, -0.2) is 53.5 Å². The maximum Gasteiger partial charge on any atom is 0.251 e. The Morgan fingerprint density at radius 2 is 2.00 bits per heavy atom. The molecule has 1 saturated heterocycles. The van der Waals surface area contributed by atoms with Gasteiger partial charge in [-0.15, -0.1) is 0 Å². The molecule has 4 amide bonds. The van der Waals surface area contributed by atoms with Crippen LogP contribution in [0.4, 0.5) is 0 Å². The van der Waals surface area contributed by atoms with Crippen molar-refractivity contribution in [3.05, 3.63) is 59.7 Å². The Morgan fingerprint density at radius 3 is 2.73 bits per heavy atom. The molecule has 2 N–H and O–H groups in total. The van der Waals surface area contributed by atoms with Gasteiger partial charge in [-0.1, -0.05) is 36.4 Å². The van der Waals surface area contributed by atoms with Crippen molar-refractivity contribution in [1.82, 2.24) is 15.5 Å². The molecule has 0 aromatic heterocycles. The number of carbonyl (C=O) groups excluding carboxylic acids is 4. The van der Waals surface area contributed by atoms with E-state index >= 15 is 0 Å². The van der Waals surface area contributed by atoms with Gasteiger partial charge in [0.25, 0.3) is 5.91 Å². The standard InChI is InChI=1S/C22H24N4O4/c1-15-23-12-6-5-7-16(14-24-21(29)17-8-3-2-4-9-17)13-20(28)26(15)18-10-11-19(27)25-22(18)30/h2-9,18H,10-14H2,1H3,(H,24,29)(H,25,27,30)/b6-5-,16-7+,23-15?. The van der Waals surface area contributed by atoms with Gasteiger partial charge in [0, 0.05) is 18.5 Å². The molecule has 2 heterocycles. The number of amidine groups is 1. The molecule has 1 unspecified atom stereocenters. The van der Waals surface area contributed by atoms with Crippen LogP contribution < -0.4 is 10.6 Å². The largest absolute Gasteiger partial charge is 0.348 e. The second kappa shape index (κ2) is 9.78. The first kappa shape index (κ1) is 21.2. The summed E-state index contributed by atoms with van der Waals surface area (Å²) in [5, 5.41) is 5.12. The van der Waals surface area contributed by atoms with E-state index in [-0.39, 0.29) is 43.5 Å². The van der Waals surface area contributed by atoms with E-state index in [4.69, 9.17) is 0 Å². The Morgan fingerprint density at radius 1 is 1.23 bits per heavy atom. The van der Waals surface area contributed by atoms with Crippen LogP contribution in [0.3, 0.4) is 0 Å². The maximum absolute atomic E-state index is 13.1. The van der Waals surface area contributed by atoms with Crippen LogP contribution in [0.5, 0.6) is 0 Å². The number of carbonyl (C=O) groups is 4. The van der Waals surface area contributed by atoms with Crippen LogP contribution in [0.25, 0.3) is 0 Å². The minimum atomic E-state index is -0.775. The van der Waals surface area contributed by atoms with Gasteiger partial charge in [0.1, 0.15) is 11.9 Å². The Hall–Kier alpha value is -3.55. The van der Waals surface area contributed by atoms with Crippen molar-refractivity contribution >= 4 is 29.5 Å². The number of rotatable bonds is 4. The highest BCUT2D eigenvalue weighted by Gasteiger charge is 2.36. The first-order chi connectivity index (χ1) is 14.5. The third-order valence-corrected chi connectivity index (χ3v) is 4.92. The number of amides is 4. The number of imide groups is 1. The third kappa shape index (κ3) is 5.28. The van der Waals surface area contributed by atoms with Gasteiger partial charge >= 0.3 is 0 Å². The van der Waals surface area contributed by atoms with E-state index in [1.54, 1.807) is 43.3 Å². The van der Waals surface area contributed by atoms with Crippen LogP contribution in [-0.2, 0) is 14.4 Å². The first-order valence-corrected chi connectivity index (χ1v) is 9.80. The fourth-order valence-corrected chi connectivity index (χ4v) is 3.38. The van der Waals surface area contributed by atoms with E-state index in [0.717, 1.165) is 0 Å². The Balaban J connectivity index is 1.75. The molecule has 1 fully saturated rings. The molecule has 2 aliphatic heterocycles. The average molecular weight is 408 g/mol. The number of hydrogen-bond donors (Lipinski definition) is 2. The molecule has 2 aliphatic rings. The summed E-state index contributed by atoms with van der Waals surface area (Å²) in [5.74, 6) is -0.948. The highest BCUT2D eigenvalue weighted by atomic mass is 16.2. The molecule has 30 heavy (non-hydrogen) atoms. The Labute approximate surface area is 174 Å². The summed E-state index contributed by atoms with van der Waals surface area (Å²) in [7, 11) is 0. The fraction of sp³-hybridized carbons (Fsp3) is 0.318. The zero-order valence-electron chi connectivity index (χ0n) is 16.8. The van der Waals surface area contributed by atoms with Crippen molar-refractivity contribution in [3.8, 4) is 0 Å². The molecule has 1 atom stereocenters. The van der Waals surface area contributed by atoms with Crippen molar-refractivity contribution < 1.29 is 19.2 Å². The van der Waals surface area contributed by atoms with Gasteiger partial charge in [0.15, 0.2) is 0 Å². The first-order valence-electron chi connectivity index (χ1n) is 9.80. The van der Waals surface area contributed by atoms with E-state index in [2.05, 4.69) is 15.6 Å². The number of piperidine rings is 1. The van der Waals surface area contributed by atoms with Crippen molar-refractivity contribution in [1.29, 1.82) is 0 Å². The monoisotopic (exact) mass is 408 g/mol. The predicted molar refractivity (Wildman–Crippen MR) is 112 cm³/mol. The zero-order valence-corrected chi connectivity index (χ0v) is 16.8. The molecule has 8 heteroatoms. The summed E-state index contributed by atoms with van der Waals surface area (Å²) in [4.78, 5) is 55.0. The van der Waals surface area contributed by atoms with Crippen LogP contribution >= 0.6 is 0 Å². The lowest BCUT2D eigenvalue weighted by atomic mass is 10.0. The summed E-state index contributed by atoms with van der Waals surface area (Å²) in [6.07, 6.45) is 5.86. The zero-order chi connectivity index (χ0) is 21.5. The van der Waals surface area contributed by atoms with E-state index in [1.165, 1.54) is 4.90 Å². The number of benzene rings is 1. The summed E-state index contributed by atoms with van der Waals surface area (Å²) in [6.45, 7) is 2.23. The smallest absolute Gasteiger partial charge is 0.251 e. The van der Waals surface area contributed by atoms with Crippen LogP contribution in [0, 0.1) is 0 Å². The number of hydrogen-bond acceptors (Lipinski definition) is 5. The van der Waals surface area contributed by atoms with Gasteiger partial charge in [-0.25, -0.2) is 0 Å². The Bertz CT molecular complexity index is 934. The van der Waals surface area contributed by atoms with E-state index in [9.17, 15) is 19.2 Å². The Kier molecular flexibility index (Phi) is 6.90. The molecule has 0 bridgehead atoms. The SMILES string of the molecule is CC1=NC/C=C\C=C(\CNC(=O)c2ccccc2)CC(=O)N1C1CCC(=O)NC1=O.